The second-order valence-corrected chi connectivity index (χ2v) is 1.46. The molecule has 0 heterocycles. The molecule has 1 aliphatic carbocycles. The molecule has 0 radical (unpaired) electrons. The van der Waals surface area contributed by atoms with Crippen molar-refractivity contribution in [2.75, 3.05) is 0 Å². The fraction of sp³-hybridized carbons (Fsp3) is 0.167. The van der Waals surface area contributed by atoms with Crippen LogP contribution in [0.15, 0.2) is 23.8 Å². The zero-order valence-corrected chi connectivity index (χ0v) is 10.0. The van der Waals surface area contributed by atoms with Gasteiger partial charge in [0.15, 0.2) is 0 Å². The third-order valence-corrected chi connectivity index (χ3v) is 0.848. The van der Waals surface area contributed by atoms with Gasteiger partial charge in [0.2, 0.25) is 0 Å². The van der Waals surface area contributed by atoms with Crippen molar-refractivity contribution in [3.05, 3.63) is 30.7 Å². The SMILES string of the molecule is [CH2-]C1=CC=CC1.[Cl-].[Cl-].[Cl-].[Zr+4]. The summed E-state index contributed by atoms with van der Waals surface area (Å²) in [5.74, 6) is 0. The first-order valence-corrected chi connectivity index (χ1v) is 2.07. The molecule has 10 heavy (non-hydrogen) atoms. The molecule has 0 atom stereocenters. The number of hydrogen-bond acceptors (Lipinski definition) is 0. The van der Waals surface area contributed by atoms with E-state index in [1.807, 2.05) is 12.2 Å². The predicted molar refractivity (Wildman–Crippen MR) is 27.2 cm³/mol. The topological polar surface area (TPSA) is 0 Å². The standard InChI is InChI=1S/C6H7.3ClH.Zr/c1-6-4-2-3-5-6;;;;/h2-4H,1,5H2;3*1H;/q-1;;;;+4/p-3. The van der Waals surface area contributed by atoms with Gasteiger partial charge in [0.1, 0.15) is 0 Å². The Labute approximate surface area is 99.9 Å². The Kier molecular flexibility index (Phi) is 28.6. The van der Waals surface area contributed by atoms with Crippen LogP contribution < -0.4 is 37.2 Å². The largest absolute Gasteiger partial charge is 4.00 e. The van der Waals surface area contributed by atoms with Gasteiger partial charge < -0.3 is 37.2 Å². The Morgan fingerprint density at radius 2 is 1.70 bits per heavy atom. The molecule has 0 nitrogen and oxygen atoms in total. The van der Waals surface area contributed by atoms with Gasteiger partial charge in [-0.3, -0.25) is 0 Å². The summed E-state index contributed by atoms with van der Waals surface area (Å²) in [6, 6.07) is 0. The summed E-state index contributed by atoms with van der Waals surface area (Å²) < 4.78 is 0. The quantitative estimate of drug-likeness (QED) is 0.386. The number of rotatable bonds is 0. The first-order chi connectivity index (χ1) is 2.89. The maximum Gasteiger partial charge on any atom is 4.00 e. The van der Waals surface area contributed by atoms with E-state index in [9.17, 15) is 0 Å². The molecule has 0 aliphatic heterocycles. The molecule has 0 aromatic carbocycles. The molecule has 0 spiro atoms. The van der Waals surface area contributed by atoms with Crippen LogP contribution in [0.25, 0.3) is 0 Å². The Hall–Kier alpha value is 1.10. The molecule has 0 aromatic rings. The molecule has 0 amide bonds. The van der Waals surface area contributed by atoms with Gasteiger partial charge in [-0.2, -0.15) is 0 Å². The molecule has 0 N–H and O–H groups in total. The molecule has 0 saturated carbocycles. The molecule has 1 rings (SSSR count). The molecule has 0 unspecified atom stereocenters. The van der Waals surface area contributed by atoms with Gasteiger partial charge in [0.05, 0.1) is 0 Å². The normalized spacial score (nSPS) is 11.0. The third kappa shape index (κ3) is 9.10. The summed E-state index contributed by atoms with van der Waals surface area (Å²) in [7, 11) is 0. The molecule has 0 aromatic heterocycles. The van der Waals surface area contributed by atoms with Crippen LogP contribution >= 0.6 is 0 Å². The van der Waals surface area contributed by atoms with Crippen molar-refractivity contribution in [2.45, 2.75) is 6.42 Å². The van der Waals surface area contributed by atoms with Gasteiger partial charge >= 0.3 is 26.2 Å². The van der Waals surface area contributed by atoms with Gasteiger partial charge in [-0.25, -0.2) is 18.6 Å². The molecule has 0 bridgehead atoms. The van der Waals surface area contributed by atoms with Crippen LogP contribution in [0.5, 0.6) is 0 Å². The maximum atomic E-state index is 3.74. The van der Waals surface area contributed by atoms with Crippen molar-refractivity contribution in [3.63, 3.8) is 0 Å². The van der Waals surface area contributed by atoms with E-state index in [0.29, 0.717) is 0 Å². The minimum atomic E-state index is 0. The summed E-state index contributed by atoms with van der Waals surface area (Å²) in [4.78, 5) is 0. The summed E-state index contributed by atoms with van der Waals surface area (Å²) >= 11 is 0. The summed E-state index contributed by atoms with van der Waals surface area (Å²) in [5, 5.41) is 0. The van der Waals surface area contributed by atoms with Crippen molar-refractivity contribution in [2.24, 2.45) is 0 Å². The van der Waals surface area contributed by atoms with Crippen molar-refractivity contribution in [3.8, 4) is 0 Å². The molecule has 0 saturated heterocycles. The zero-order chi connectivity index (χ0) is 4.41. The van der Waals surface area contributed by atoms with Gasteiger partial charge in [-0.05, 0) is 6.42 Å². The maximum absolute atomic E-state index is 3.74. The van der Waals surface area contributed by atoms with Gasteiger partial charge in [-0.1, -0.05) is 0 Å². The number of halogens is 3. The minimum Gasteiger partial charge on any atom is -1.00 e. The van der Waals surface area contributed by atoms with E-state index in [4.69, 9.17) is 0 Å². The van der Waals surface area contributed by atoms with Crippen molar-refractivity contribution < 1.29 is 63.4 Å². The smallest absolute Gasteiger partial charge is 1.00 e. The first-order valence-electron chi connectivity index (χ1n) is 2.07. The number of allylic oxidation sites excluding steroid dienone is 4. The van der Waals surface area contributed by atoms with E-state index >= 15 is 0 Å². The molecule has 56 valence electrons. The average molecular weight is 277 g/mol. The first kappa shape index (κ1) is 22.5. The average Bonchev–Trinajstić information content (AvgIpc) is 1.86. The Balaban J connectivity index is -0.0000000450. The van der Waals surface area contributed by atoms with Crippen LogP contribution in [0.1, 0.15) is 6.42 Å². The van der Waals surface area contributed by atoms with Crippen molar-refractivity contribution >= 4 is 0 Å². The van der Waals surface area contributed by atoms with Crippen LogP contribution in [-0.4, -0.2) is 0 Å². The number of hydrogen-bond donors (Lipinski definition) is 0. The minimum absolute atomic E-state index is 0. The fourth-order valence-corrected chi connectivity index (χ4v) is 0.492. The van der Waals surface area contributed by atoms with Crippen molar-refractivity contribution in [1.82, 2.24) is 0 Å². The molecule has 4 heteroatoms. The summed E-state index contributed by atoms with van der Waals surface area (Å²) in [6.45, 7) is 3.74. The van der Waals surface area contributed by atoms with Crippen LogP contribution in [0.4, 0.5) is 0 Å². The van der Waals surface area contributed by atoms with E-state index in [1.165, 1.54) is 5.57 Å². The monoisotopic (exact) mass is 274 g/mol. The molecular formula is C6H7Cl3Zr. The Morgan fingerprint density at radius 3 is 1.80 bits per heavy atom. The van der Waals surface area contributed by atoms with E-state index in [0.717, 1.165) is 6.42 Å². The van der Waals surface area contributed by atoms with Crippen molar-refractivity contribution in [1.29, 1.82) is 0 Å². The van der Waals surface area contributed by atoms with Gasteiger partial charge in [-0.15, -0.1) is 12.2 Å². The zero-order valence-electron chi connectivity index (χ0n) is 5.28. The van der Waals surface area contributed by atoms with Crippen LogP contribution in [0, 0.1) is 6.92 Å². The van der Waals surface area contributed by atoms with E-state index in [1.54, 1.807) is 0 Å². The molecule has 1 aliphatic rings. The van der Waals surface area contributed by atoms with Gasteiger partial charge in [0, 0.05) is 0 Å². The van der Waals surface area contributed by atoms with E-state index in [2.05, 4.69) is 13.0 Å². The molecular weight excluding hydrogens is 270 g/mol. The van der Waals surface area contributed by atoms with Crippen LogP contribution in [0.2, 0.25) is 0 Å². The van der Waals surface area contributed by atoms with E-state index in [-0.39, 0.29) is 63.4 Å². The summed E-state index contributed by atoms with van der Waals surface area (Å²) in [6.07, 6.45) is 7.21. The third-order valence-electron chi connectivity index (χ3n) is 0.848. The predicted octanol–water partition coefficient (Wildman–Crippen LogP) is -7.28. The Bertz CT molecular complexity index is 110. The second-order valence-electron chi connectivity index (χ2n) is 1.46. The van der Waals surface area contributed by atoms with Gasteiger partial charge in [0.25, 0.3) is 0 Å². The second kappa shape index (κ2) is 12.8. The Morgan fingerprint density at radius 1 is 1.20 bits per heavy atom. The molecule has 0 fully saturated rings. The summed E-state index contributed by atoms with van der Waals surface area (Å²) in [5.41, 5.74) is 1.22. The van der Waals surface area contributed by atoms with Crippen LogP contribution in [-0.2, 0) is 26.2 Å². The fourth-order valence-electron chi connectivity index (χ4n) is 0.492. The van der Waals surface area contributed by atoms with E-state index < -0.39 is 0 Å². The van der Waals surface area contributed by atoms with Crippen LogP contribution in [0.3, 0.4) is 0 Å².